The summed E-state index contributed by atoms with van der Waals surface area (Å²) in [6.45, 7) is 16.8. The summed E-state index contributed by atoms with van der Waals surface area (Å²) in [6, 6.07) is 8.43. The van der Waals surface area contributed by atoms with Gasteiger partial charge in [-0.3, -0.25) is 14.5 Å². The van der Waals surface area contributed by atoms with Crippen LogP contribution in [0.15, 0.2) is 29.3 Å². The van der Waals surface area contributed by atoms with Gasteiger partial charge >= 0.3 is 5.97 Å². The highest BCUT2D eigenvalue weighted by Gasteiger charge is 2.24. The highest BCUT2D eigenvalue weighted by Crippen LogP contribution is 2.32. The minimum absolute atomic E-state index is 0.0536. The van der Waals surface area contributed by atoms with Crippen LogP contribution in [0.25, 0.3) is 11.3 Å². The Morgan fingerprint density at radius 3 is 2.28 bits per heavy atom. The molecule has 0 amide bonds. The van der Waals surface area contributed by atoms with Crippen LogP contribution in [0.4, 0.5) is 0 Å². The fourth-order valence-corrected chi connectivity index (χ4v) is 3.44. The highest BCUT2D eigenvalue weighted by molar-refractivity contribution is 6.18. The molecule has 0 radical (unpaired) electrons. The molecule has 0 saturated heterocycles. The summed E-state index contributed by atoms with van der Waals surface area (Å²) in [4.78, 5) is 16.2. The van der Waals surface area contributed by atoms with Gasteiger partial charge in [0.25, 0.3) is 0 Å². The molecule has 32 heavy (non-hydrogen) atoms. The first-order valence-corrected chi connectivity index (χ1v) is 11.2. The number of nitrogens with zero attached hydrogens (tertiary/aromatic N) is 3. The van der Waals surface area contributed by atoms with Gasteiger partial charge in [-0.15, -0.1) is 0 Å². The quantitative estimate of drug-likeness (QED) is 0.229. The van der Waals surface area contributed by atoms with Gasteiger partial charge in [0.1, 0.15) is 5.69 Å². The SMILES string of the molecule is CCC(=O)OC(C)O/C(=C(/C=N\C)c1ccc(C(C)(C)C)cc1)c1c(C)c(C)nn1CC. The van der Waals surface area contributed by atoms with Crippen molar-refractivity contribution in [1.82, 2.24) is 9.78 Å². The third-order valence-electron chi connectivity index (χ3n) is 5.38. The van der Waals surface area contributed by atoms with E-state index >= 15 is 0 Å². The molecule has 0 saturated carbocycles. The molecule has 1 aromatic carbocycles. The lowest BCUT2D eigenvalue weighted by Crippen LogP contribution is -2.19. The van der Waals surface area contributed by atoms with Crippen LogP contribution in [0.1, 0.15) is 76.0 Å². The fourth-order valence-electron chi connectivity index (χ4n) is 3.44. The molecule has 0 aliphatic heterocycles. The van der Waals surface area contributed by atoms with E-state index in [1.54, 1.807) is 27.1 Å². The van der Waals surface area contributed by atoms with Gasteiger partial charge in [0, 0.05) is 44.3 Å². The lowest BCUT2D eigenvalue weighted by molar-refractivity contribution is -0.163. The number of benzene rings is 1. The van der Waals surface area contributed by atoms with Crippen LogP contribution in [0.3, 0.4) is 0 Å². The lowest BCUT2D eigenvalue weighted by Gasteiger charge is -2.22. The molecule has 1 aromatic heterocycles. The van der Waals surface area contributed by atoms with E-state index in [1.807, 2.05) is 25.5 Å². The van der Waals surface area contributed by atoms with E-state index in [0.717, 1.165) is 28.1 Å². The number of ether oxygens (including phenoxy) is 2. The number of carbonyl (C=O) groups excluding carboxylic acids is 1. The molecule has 2 rings (SSSR count). The number of aryl methyl sites for hydroxylation is 2. The lowest BCUT2D eigenvalue weighted by atomic mass is 9.86. The number of allylic oxidation sites excluding steroid dienone is 1. The van der Waals surface area contributed by atoms with Gasteiger partial charge in [-0.25, -0.2) is 0 Å². The van der Waals surface area contributed by atoms with Crippen molar-refractivity contribution in [3.05, 3.63) is 52.3 Å². The van der Waals surface area contributed by atoms with Crippen LogP contribution < -0.4 is 0 Å². The van der Waals surface area contributed by atoms with Crippen molar-refractivity contribution in [2.45, 2.75) is 80.1 Å². The first-order chi connectivity index (χ1) is 15.0. The van der Waals surface area contributed by atoms with E-state index in [2.05, 4.69) is 55.1 Å². The van der Waals surface area contributed by atoms with E-state index in [9.17, 15) is 4.79 Å². The normalized spacial score (nSPS) is 13.8. The standard InChI is InChI=1S/C26H37N3O3/c1-10-23(30)31-19(5)32-25(24-17(3)18(4)28-29(24)11-2)22(16-27-9)20-12-14-21(15-13-20)26(6,7)8/h12-16,19H,10-11H2,1-9H3/b25-22-,27-16-. The summed E-state index contributed by atoms with van der Waals surface area (Å²) in [5.41, 5.74) is 5.88. The van der Waals surface area contributed by atoms with E-state index in [4.69, 9.17) is 9.47 Å². The average Bonchev–Trinajstić information content (AvgIpc) is 3.03. The van der Waals surface area contributed by atoms with Crippen molar-refractivity contribution < 1.29 is 14.3 Å². The van der Waals surface area contributed by atoms with Gasteiger partial charge in [-0.05, 0) is 37.3 Å². The second-order valence-corrected chi connectivity index (χ2v) is 8.86. The van der Waals surface area contributed by atoms with Crippen LogP contribution in [0, 0.1) is 13.8 Å². The molecule has 1 unspecified atom stereocenters. The van der Waals surface area contributed by atoms with Crippen LogP contribution in [-0.4, -0.2) is 35.3 Å². The van der Waals surface area contributed by atoms with Crippen LogP contribution in [0.5, 0.6) is 0 Å². The second kappa shape index (κ2) is 10.6. The molecule has 0 aliphatic rings. The van der Waals surface area contributed by atoms with E-state index in [-0.39, 0.29) is 17.8 Å². The third kappa shape index (κ3) is 5.87. The number of hydrogen-bond donors (Lipinski definition) is 0. The zero-order valence-electron chi connectivity index (χ0n) is 20.9. The van der Waals surface area contributed by atoms with Crippen molar-refractivity contribution in [2.75, 3.05) is 7.05 Å². The summed E-state index contributed by atoms with van der Waals surface area (Å²) in [5.74, 6) is 0.282. The minimum Gasteiger partial charge on any atom is -0.452 e. The number of aromatic nitrogens is 2. The van der Waals surface area contributed by atoms with Gasteiger partial charge in [0.15, 0.2) is 5.76 Å². The summed E-state index contributed by atoms with van der Waals surface area (Å²) >= 11 is 0. The molecule has 0 bridgehead atoms. The number of rotatable bonds is 8. The molecule has 1 atom stereocenters. The predicted molar refractivity (Wildman–Crippen MR) is 131 cm³/mol. The van der Waals surface area contributed by atoms with Crippen LogP contribution in [0.2, 0.25) is 0 Å². The number of esters is 1. The monoisotopic (exact) mass is 439 g/mol. The maximum absolute atomic E-state index is 11.9. The average molecular weight is 440 g/mol. The molecule has 1 heterocycles. The maximum Gasteiger partial charge on any atom is 0.308 e. The zero-order valence-corrected chi connectivity index (χ0v) is 20.9. The Bertz CT molecular complexity index is 993. The molecular formula is C26H37N3O3. The number of aliphatic imine (C=N–C) groups is 1. The molecule has 6 nitrogen and oxygen atoms in total. The first-order valence-electron chi connectivity index (χ1n) is 11.2. The predicted octanol–water partition coefficient (Wildman–Crippen LogP) is 5.70. The summed E-state index contributed by atoms with van der Waals surface area (Å²) < 4.78 is 13.6. The van der Waals surface area contributed by atoms with Crippen molar-refractivity contribution in [3.63, 3.8) is 0 Å². The second-order valence-electron chi connectivity index (χ2n) is 8.86. The molecule has 0 aliphatic carbocycles. The smallest absolute Gasteiger partial charge is 0.308 e. The first kappa shape index (κ1) is 25.4. The summed E-state index contributed by atoms with van der Waals surface area (Å²) in [7, 11) is 1.73. The Morgan fingerprint density at radius 1 is 1.16 bits per heavy atom. The van der Waals surface area contributed by atoms with Crippen molar-refractivity contribution in [2.24, 2.45) is 4.99 Å². The maximum atomic E-state index is 11.9. The topological polar surface area (TPSA) is 65.7 Å². The Morgan fingerprint density at radius 2 is 1.78 bits per heavy atom. The molecule has 174 valence electrons. The van der Waals surface area contributed by atoms with Gasteiger partial charge in [0.05, 0.1) is 5.69 Å². The highest BCUT2D eigenvalue weighted by atomic mass is 16.7. The summed E-state index contributed by atoms with van der Waals surface area (Å²) in [6.07, 6.45) is 1.32. The third-order valence-corrected chi connectivity index (χ3v) is 5.38. The van der Waals surface area contributed by atoms with Crippen LogP contribution in [-0.2, 0) is 26.2 Å². The van der Waals surface area contributed by atoms with Gasteiger partial charge in [-0.1, -0.05) is 52.0 Å². The van der Waals surface area contributed by atoms with E-state index in [0.29, 0.717) is 12.3 Å². The number of carbonyl (C=O) groups is 1. The molecule has 0 spiro atoms. The zero-order chi connectivity index (χ0) is 24.1. The largest absolute Gasteiger partial charge is 0.452 e. The Hall–Kier alpha value is -2.89. The number of hydrogen-bond acceptors (Lipinski definition) is 5. The molecule has 0 N–H and O–H groups in total. The Kier molecular flexibility index (Phi) is 8.42. The van der Waals surface area contributed by atoms with Crippen LogP contribution >= 0.6 is 0 Å². The van der Waals surface area contributed by atoms with Crippen molar-refractivity contribution in [3.8, 4) is 0 Å². The van der Waals surface area contributed by atoms with Gasteiger partial charge in [0.2, 0.25) is 6.29 Å². The molecular weight excluding hydrogens is 402 g/mol. The Balaban J connectivity index is 2.73. The van der Waals surface area contributed by atoms with Gasteiger partial charge in [-0.2, -0.15) is 5.10 Å². The van der Waals surface area contributed by atoms with Crippen molar-refractivity contribution in [1.29, 1.82) is 0 Å². The van der Waals surface area contributed by atoms with Crippen molar-refractivity contribution >= 4 is 23.5 Å². The van der Waals surface area contributed by atoms with E-state index in [1.165, 1.54) is 5.56 Å². The minimum atomic E-state index is -0.758. The fraction of sp³-hybridized carbons (Fsp3) is 0.500. The summed E-state index contributed by atoms with van der Waals surface area (Å²) in [5, 5.41) is 4.67. The Labute approximate surface area is 192 Å². The van der Waals surface area contributed by atoms with E-state index < -0.39 is 6.29 Å². The molecule has 6 heteroatoms. The molecule has 2 aromatic rings. The molecule has 0 fully saturated rings. The van der Waals surface area contributed by atoms with Gasteiger partial charge < -0.3 is 9.47 Å².